The zero-order valence-electron chi connectivity index (χ0n) is 18.0. The predicted molar refractivity (Wildman–Crippen MR) is 119 cm³/mol. The molecule has 3 aromatic carbocycles. The molecule has 0 heterocycles. The fourth-order valence-electron chi connectivity index (χ4n) is 2.91. The van der Waals surface area contributed by atoms with Crippen LogP contribution in [0.4, 0.5) is 10.1 Å². The first-order chi connectivity index (χ1) is 15.9. The largest absolute Gasteiger partial charge is 0.493 e. The number of carbonyl (C=O) groups excluding carboxylic acids is 3. The highest BCUT2D eigenvalue weighted by molar-refractivity contribution is 6.01. The molecule has 0 radical (unpaired) electrons. The third-order valence-electron chi connectivity index (χ3n) is 4.60. The molecule has 0 fully saturated rings. The Balaban J connectivity index is 1.60. The molecule has 0 saturated carbocycles. The number of ether oxygens (including phenoxy) is 3. The molecule has 0 spiro atoms. The number of hydrogen-bond acceptors (Lipinski definition) is 6. The minimum absolute atomic E-state index is 0.155. The topological polar surface area (TPSA) is 90.9 Å². The van der Waals surface area contributed by atoms with Crippen molar-refractivity contribution in [2.24, 2.45) is 0 Å². The maximum atomic E-state index is 13.0. The molecule has 0 aliphatic carbocycles. The summed E-state index contributed by atoms with van der Waals surface area (Å²) in [7, 11) is 1.39. The molecule has 33 heavy (non-hydrogen) atoms. The Morgan fingerprint density at radius 3 is 2.27 bits per heavy atom. The number of halogens is 1. The number of anilines is 1. The van der Waals surface area contributed by atoms with Crippen LogP contribution in [-0.2, 0) is 9.53 Å². The maximum absolute atomic E-state index is 13.0. The molecule has 3 rings (SSSR count). The normalized spacial score (nSPS) is 11.2. The Labute approximate surface area is 190 Å². The molecule has 0 aromatic heterocycles. The van der Waals surface area contributed by atoms with Gasteiger partial charge in [-0.25, -0.2) is 9.18 Å². The zero-order valence-corrected chi connectivity index (χ0v) is 18.0. The van der Waals surface area contributed by atoms with Crippen molar-refractivity contribution in [2.45, 2.75) is 13.0 Å². The third kappa shape index (κ3) is 6.39. The summed E-state index contributed by atoms with van der Waals surface area (Å²) in [5, 5.41) is 2.57. The smallest absolute Gasteiger partial charge is 0.338 e. The Bertz CT molecular complexity index is 1130. The van der Waals surface area contributed by atoms with Crippen LogP contribution >= 0.6 is 0 Å². The average Bonchev–Trinajstić information content (AvgIpc) is 2.84. The van der Waals surface area contributed by atoms with Gasteiger partial charge in [-0.05, 0) is 49.4 Å². The van der Waals surface area contributed by atoms with Crippen molar-refractivity contribution < 1.29 is 33.0 Å². The van der Waals surface area contributed by atoms with Crippen LogP contribution in [-0.4, -0.2) is 37.5 Å². The van der Waals surface area contributed by atoms with Gasteiger partial charge in [0, 0.05) is 11.3 Å². The SMILES string of the molecule is COc1cc(C(=O)OC(C)C(=O)c2ccccc2)ccc1OCC(=O)Nc1ccc(F)cc1. The number of rotatable bonds is 9. The minimum Gasteiger partial charge on any atom is -0.493 e. The van der Waals surface area contributed by atoms with Crippen molar-refractivity contribution in [1.82, 2.24) is 0 Å². The number of nitrogens with one attached hydrogen (secondary N) is 1. The average molecular weight is 451 g/mol. The lowest BCUT2D eigenvalue weighted by molar-refractivity contribution is -0.118. The van der Waals surface area contributed by atoms with Crippen LogP contribution < -0.4 is 14.8 Å². The number of hydrogen-bond donors (Lipinski definition) is 1. The molecule has 3 aromatic rings. The Kier molecular flexibility index (Phi) is 7.75. The van der Waals surface area contributed by atoms with E-state index in [0.29, 0.717) is 11.3 Å². The van der Waals surface area contributed by atoms with E-state index in [0.717, 1.165) is 0 Å². The molecule has 7 nitrogen and oxygen atoms in total. The fourth-order valence-corrected chi connectivity index (χ4v) is 2.91. The molecular formula is C25H22FNO6. The summed E-state index contributed by atoms with van der Waals surface area (Å²) in [5.41, 5.74) is 1.02. The number of amides is 1. The quantitative estimate of drug-likeness (QED) is 0.386. The van der Waals surface area contributed by atoms with Gasteiger partial charge in [-0.3, -0.25) is 9.59 Å². The Morgan fingerprint density at radius 2 is 1.61 bits per heavy atom. The first kappa shape index (κ1) is 23.5. The summed E-state index contributed by atoms with van der Waals surface area (Å²) in [6.45, 7) is 1.17. The van der Waals surface area contributed by atoms with Crippen LogP contribution in [0.5, 0.6) is 11.5 Å². The zero-order chi connectivity index (χ0) is 23.8. The molecule has 1 atom stereocenters. The van der Waals surface area contributed by atoms with Crippen molar-refractivity contribution in [3.63, 3.8) is 0 Å². The molecule has 1 N–H and O–H groups in total. The van der Waals surface area contributed by atoms with Gasteiger partial charge in [-0.15, -0.1) is 0 Å². The van der Waals surface area contributed by atoms with Gasteiger partial charge in [0.25, 0.3) is 5.91 Å². The van der Waals surface area contributed by atoms with E-state index in [-0.39, 0.29) is 29.5 Å². The van der Waals surface area contributed by atoms with Crippen molar-refractivity contribution in [3.8, 4) is 11.5 Å². The highest BCUT2D eigenvalue weighted by Crippen LogP contribution is 2.28. The summed E-state index contributed by atoms with van der Waals surface area (Å²) in [4.78, 5) is 37.0. The molecule has 8 heteroatoms. The van der Waals surface area contributed by atoms with Gasteiger partial charge in [0.1, 0.15) is 5.82 Å². The molecular weight excluding hydrogens is 429 g/mol. The first-order valence-electron chi connectivity index (χ1n) is 10.0. The van der Waals surface area contributed by atoms with E-state index in [1.165, 1.54) is 56.5 Å². The molecule has 1 unspecified atom stereocenters. The molecule has 0 aliphatic rings. The summed E-state index contributed by atoms with van der Waals surface area (Å²) < 4.78 is 29.0. The lowest BCUT2D eigenvalue weighted by Crippen LogP contribution is -2.24. The summed E-state index contributed by atoms with van der Waals surface area (Å²) >= 11 is 0. The summed E-state index contributed by atoms with van der Waals surface area (Å²) in [6, 6.07) is 18.2. The lowest BCUT2D eigenvalue weighted by atomic mass is 10.1. The van der Waals surface area contributed by atoms with Crippen molar-refractivity contribution in [2.75, 3.05) is 19.0 Å². The molecule has 0 bridgehead atoms. The van der Waals surface area contributed by atoms with Crippen molar-refractivity contribution >= 4 is 23.3 Å². The van der Waals surface area contributed by atoms with E-state index in [9.17, 15) is 18.8 Å². The van der Waals surface area contributed by atoms with Gasteiger partial charge in [0.2, 0.25) is 5.78 Å². The number of Topliss-reactive ketones (excluding diaryl/α,β-unsaturated/α-hetero) is 1. The predicted octanol–water partition coefficient (Wildman–Crippen LogP) is 4.28. The highest BCUT2D eigenvalue weighted by atomic mass is 19.1. The van der Waals surface area contributed by atoms with Crippen LogP contribution in [0.2, 0.25) is 0 Å². The number of methoxy groups -OCH3 is 1. The van der Waals surface area contributed by atoms with E-state index < -0.39 is 23.8 Å². The van der Waals surface area contributed by atoms with Gasteiger partial charge in [0.15, 0.2) is 24.2 Å². The maximum Gasteiger partial charge on any atom is 0.338 e. The van der Waals surface area contributed by atoms with Crippen LogP contribution in [0.3, 0.4) is 0 Å². The highest BCUT2D eigenvalue weighted by Gasteiger charge is 2.21. The second-order valence-corrected chi connectivity index (χ2v) is 6.99. The summed E-state index contributed by atoms with van der Waals surface area (Å²) in [5.74, 6) is -1.45. The van der Waals surface area contributed by atoms with E-state index in [1.54, 1.807) is 30.3 Å². The summed E-state index contributed by atoms with van der Waals surface area (Å²) in [6.07, 6.45) is -0.975. The minimum atomic E-state index is -0.975. The number of carbonyl (C=O) groups is 3. The Morgan fingerprint density at radius 1 is 0.909 bits per heavy atom. The third-order valence-corrected chi connectivity index (χ3v) is 4.60. The molecule has 0 saturated heterocycles. The van der Waals surface area contributed by atoms with Gasteiger partial charge in [-0.2, -0.15) is 0 Å². The molecule has 170 valence electrons. The number of esters is 1. The van der Waals surface area contributed by atoms with E-state index in [2.05, 4.69) is 5.32 Å². The fraction of sp³-hybridized carbons (Fsp3) is 0.160. The molecule has 1 amide bonds. The van der Waals surface area contributed by atoms with Crippen LogP contribution in [0.25, 0.3) is 0 Å². The van der Waals surface area contributed by atoms with Gasteiger partial charge in [-0.1, -0.05) is 30.3 Å². The van der Waals surface area contributed by atoms with Gasteiger partial charge >= 0.3 is 5.97 Å². The van der Waals surface area contributed by atoms with Crippen molar-refractivity contribution in [1.29, 1.82) is 0 Å². The van der Waals surface area contributed by atoms with Crippen LogP contribution in [0, 0.1) is 5.82 Å². The van der Waals surface area contributed by atoms with Gasteiger partial charge in [0.05, 0.1) is 12.7 Å². The second kappa shape index (κ2) is 10.9. The van der Waals surface area contributed by atoms with Crippen molar-refractivity contribution in [3.05, 3.63) is 89.7 Å². The monoisotopic (exact) mass is 451 g/mol. The second-order valence-electron chi connectivity index (χ2n) is 6.99. The van der Waals surface area contributed by atoms with Crippen LogP contribution in [0.15, 0.2) is 72.8 Å². The van der Waals surface area contributed by atoms with E-state index >= 15 is 0 Å². The lowest BCUT2D eigenvalue weighted by Gasteiger charge is -2.14. The standard InChI is InChI=1S/C25H22FNO6/c1-16(24(29)17-6-4-3-5-7-17)33-25(30)18-8-13-21(22(14-18)31-2)32-15-23(28)27-20-11-9-19(26)10-12-20/h3-14,16H,15H2,1-2H3,(H,27,28). The molecule has 0 aliphatic heterocycles. The first-order valence-corrected chi connectivity index (χ1v) is 10.0. The van der Waals surface area contributed by atoms with E-state index in [4.69, 9.17) is 14.2 Å². The van der Waals surface area contributed by atoms with E-state index in [1.807, 2.05) is 0 Å². The number of benzene rings is 3. The van der Waals surface area contributed by atoms with Gasteiger partial charge < -0.3 is 19.5 Å². The Hall–Kier alpha value is -4.20. The van der Waals surface area contributed by atoms with Crippen LogP contribution in [0.1, 0.15) is 27.6 Å². The number of ketones is 1.